The Hall–Kier alpha value is -2.05. The van der Waals surface area contributed by atoms with Crippen LogP contribution in [0.1, 0.15) is 15.9 Å². The first-order valence-electron chi connectivity index (χ1n) is 6.11. The Kier molecular flexibility index (Phi) is 4.73. The molecule has 22 heavy (non-hydrogen) atoms. The predicted molar refractivity (Wildman–Crippen MR) is 82.1 cm³/mol. The van der Waals surface area contributed by atoms with E-state index >= 15 is 0 Å². The minimum absolute atomic E-state index is 0.0584. The van der Waals surface area contributed by atoms with Gasteiger partial charge in [0.15, 0.2) is 15.6 Å². The van der Waals surface area contributed by atoms with Crippen molar-refractivity contribution in [2.24, 2.45) is 0 Å². The van der Waals surface area contributed by atoms with E-state index in [9.17, 15) is 17.6 Å². The van der Waals surface area contributed by atoms with Crippen LogP contribution in [-0.2, 0) is 9.84 Å². The van der Waals surface area contributed by atoms with Gasteiger partial charge in [-0.2, -0.15) is 0 Å². The molecule has 0 saturated heterocycles. The maximum absolute atomic E-state index is 13.7. The molecule has 0 amide bonds. The summed E-state index contributed by atoms with van der Waals surface area (Å²) >= 11 is 5.65. The molecule has 0 aliphatic carbocycles. The van der Waals surface area contributed by atoms with Crippen LogP contribution >= 0.6 is 11.6 Å². The summed E-state index contributed by atoms with van der Waals surface area (Å²) in [6, 6.07) is 6.50. The van der Waals surface area contributed by atoms with Crippen molar-refractivity contribution in [3.63, 3.8) is 0 Å². The highest BCUT2D eigenvalue weighted by atomic mass is 35.5. The number of hydrogen-bond donors (Lipinski definition) is 0. The third-order valence-corrected chi connectivity index (χ3v) is 4.15. The van der Waals surface area contributed by atoms with Gasteiger partial charge in [0.2, 0.25) is 0 Å². The third-order valence-electron chi connectivity index (χ3n) is 2.79. The largest absolute Gasteiger partial charge is 0.289 e. The zero-order chi connectivity index (χ0) is 16.3. The van der Waals surface area contributed by atoms with Crippen LogP contribution in [0.5, 0.6) is 0 Å². The number of nitrogens with zero attached hydrogens (tertiary/aromatic N) is 1. The molecule has 0 aliphatic rings. The minimum atomic E-state index is -3.66. The van der Waals surface area contributed by atoms with Crippen LogP contribution < -0.4 is 0 Å². The summed E-state index contributed by atoms with van der Waals surface area (Å²) in [6.07, 6.45) is 5.15. The second-order valence-corrected chi connectivity index (χ2v) is 6.90. The van der Waals surface area contributed by atoms with Crippen molar-refractivity contribution in [2.45, 2.75) is 4.90 Å². The molecule has 0 radical (unpaired) electrons. The monoisotopic (exact) mass is 339 g/mol. The van der Waals surface area contributed by atoms with Crippen LogP contribution in [0.3, 0.4) is 0 Å². The quantitative estimate of drug-likeness (QED) is 0.487. The molecule has 0 atom stereocenters. The fourth-order valence-electron chi connectivity index (χ4n) is 1.71. The lowest BCUT2D eigenvalue weighted by Gasteiger charge is -2.02. The summed E-state index contributed by atoms with van der Waals surface area (Å²) in [4.78, 5) is 15.4. The van der Waals surface area contributed by atoms with E-state index in [0.717, 1.165) is 18.4 Å². The topological polar surface area (TPSA) is 64.1 Å². The maximum atomic E-state index is 13.7. The third kappa shape index (κ3) is 3.99. The van der Waals surface area contributed by atoms with Gasteiger partial charge in [0.1, 0.15) is 15.9 Å². The highest BCUT2D eigenvalue weighted by Gasteiger charge is 2.15. The SMILES string of the molecule is CS(=O)(=O)c1ccc(C(=O)/C=C/c2ccc(Cl)nc2)cc1F. The van der Waals surface area contributed by atoms with Gasteiger partial charge in [-0.1, -0.05) is 17.7 Å². The van der Waals surface area contributed by atoms with Gasteiger partial charge < -0.3 is 0 Å². The number of aromatic nitrogens is 1. The van der Waals surface area contributed by atoms with Crippen molar-refractivity contribution >= 4 is 33.3 Å². The molecule has 0 bridgehead atoms. The van der Waals surface area contributed by atoms with Gasteiger partial charge in [0.25, 0.3) is 0 Å². The fraction of sp³-hybridized carbons (Fsp3) is 0.0667. The number of benzene rings is 1. The van der Waals surface area contributed by atoms with Crippen molar-refractivity contribution in [1.29, 1.82) is 0 Å². The number of hydrogen-bond acceptors (Lipinski definition) is 4. The Bertz CT molecular complexity index is 846. The first kappa shape index (κ1) is 16.3. The predicted octanol–water partition coefficient (Wildman–Crippen LogP) is 3.17. The van der Waals surface area contributed by atoms with Gasteiger partial charge in [-0.05, 0) is 42.0 Å². The molecule has 0 saturated carbocycles. The number of rotatable bonds is 4. The summed E-state index contributed by atoms with van der Waals surface area (Å²) in [5.74, 6) is -1.40. The van der Waals surface area contributed by atoms with Crippen molar-refractivity contribution in [1.82, 2.24) is 4.98 Å². The molecule has 0 spiro atoms. The Morgan fingerprint density at radius 1 is 1.27 bits per heavy atom. The lowest BCUT2D eigenvalue weighted by molar-refractivity contribution is 0.104. The molecule has 2 rings (SSSR count). The van der Waals surface area contributed by atoms with Crippen LogP contribution in [0.25, 0.3) is 6.08 Å². The van der Waals surface area contributed by atoms with E-state index in [1.807, 2.05) is 0 Å². The summed E-state index contributed by atoms with van der Waals surface area (Å²) in [5, 5.41) is 0.335. The Labute approximate surface area is 132 Å². The molecule has 1 aromatic carbocycles. The summed E-state index contributed by atoms with van der Waals surface area (Å²) < 4.78 is 36.4. The van der Waals surface area contributed by atoms with E-state index in [-0.39, 0.29) is 5.56 Å². The van der Waals surface area contributed by atoms with E-state index in [1.165, 1.54) is 24.4 Å². The molecule has 0 aliphatic heterocycles. The average Bonchev–Trinajstić information content (AvgIpc) is 2.45. The van der Waals surface area contributed by atoms with Gasteiger partial charge in [-0.3, -0.25) is 4.79 Å². The highest BCUT2D eigenvalue weighted by Crippen LogP contribution is 2.17. The van der Waals surface area contributed by atoms with Crippen molar-refractivity contribution < 1.29 is 17.6 Å². The second-order valence-electron chi connectivity index (χ2n) is 4.53. The molecule has 4 nitrogen and oxygen atoms in total. The van der Waals surface area contributed by atoms with E-state index in [1.54, 1.807) is 12.1 Å². The number of pyridine rings is 1. The highest BCUT2D eigenvalue weighted by molar-refractivity contribution is 7.90. The lowest BCUT2D eigenvalue weighted by Crippen LogP contribution is -2.03. The van der Waals surface area contributed by atoms with Crippen LogP contribution in [0.15, 0.2) is 47.5 Å². The van der Waals surface area contributed by atoms with E-state index in [2.05, 4.69) is 4.98 Å². The molecule has 7 heteroatoms. The van der Waals surface area contributed by atoms with Gasteiger partial charge in [-0.25, -0.2) is 17.8 Å². The zero-order valence-electron chi connectivity index (χ0n) is 11.5. The number of allylic oxidation sites excluding steroid dienone is 1. The molecular weight excluding hydrogens is 329 g/mol. The number of sulfone groups is 1. The normalized spacial score (nSPS) is 11.8. The minimum Gasteiger partial charge on any atom is -0.289 e. The molecule has 0 N–H and O–H groups in total. The van der Waals surface area contributed by atoms with Crippen molar-refractivity contribution in [3.8, 4) is 0 Å². The molecule has 0 fully saturated rings. The van der Waals surface area contributed by atoms with Crippen LogP contribution in [-0.4, -0.2) is 25.4 Å². The van der Waals surface area contributed by atoms with E-state index in [0.29, 0.717) is 10.7 Å². The number of carbonyl (C=O) groups is 1. The number of ketones is 1. The molecule has 1 aromatic heterocycles. The maximum Gasteiger partial charge on any atom is 0.185 e. The lowest BCUT2D eigenvalue weighted by atomic mass is 10.1. The van der Waals surface area contributed by atoms with E-state index in [4.69, 9.17) is 11.6 Å². The van der Waals surface area contributed by atoms with E-state index < -0.39 is 26.3 Å². The van der Waals surface area contributed by atoms with Gasteiger partial charge >= 0.3 is 0 Å². The fourth-order valence-corrected chi connectivity index (χ4v) is 2.55. The second kappa shape index (κ2) is 6.37. The molecule has 0 unspecified atom stereocenters. The molecule has 2 aromatic rings. The molecule has 1 heterocycles. The summed E-state index contributed by atoms with van der Waals surface area (Å²) in [7, 11) is -3.66. The van der Waals surface area contributed by atoms with Gasteiger partial charge in [0, 0.05) is 18.0 Å². The standard InChI is InChI=1S/C15H11ClFNO3S/c1-22(20,21)14-6-4-11(8-12(14)17)13(19)5-2-10-3-7-15(16)18-9-10/h2-9H,1H3/b5-2+. The Morgan fingerprint density at radius 2 is 2.00 bits per heavy atom. The Morgan fingerprint density at radius 3 is 2.55 bits per heavy atom. The van der Waals surface area contributed by atoms with Crippen molar-refractivity contribution in [3.05, 3.63) is 64.7 Å². The smallest absolute Gasteiger partial charge is 0.185 e. The molecule has 114 valence electrons. The summed E-state index contributed by atoms with van der Waals surface area (Å²) in [6.45, 7) is 0. The number of carbonyl (C=O) groups excluding carboxylic acids is 1. The summed E-state index contributed by atoms with van der Waals surface area (Å²) in [5.41, 5.74) is 0.717. The zero-order valence-corrected chi connectivity index (χ0v) is 13.0. The average molecular weight is 340 g/mol. The first-order valence-corrected chi connectivity index (χ1v) is 8.38. The molecular formula is C15H11ClFNO3S. The Balaban J connectivity index is 2.23. The van der Waals surface area contributed by atoms with Gasteiger partial charge in [0.05, 0.1) is 0 Å². The number of halogens is 2. The van der Waals surface area contributed by atoms with Crippen molar-refractivity contribution in [2.75, 3.05) is 6.26 Å². The van der Waals surface area contributed by atoms with Crippen LogP contribution in [0.2, 0.25) is 5.15 Å². The first-order chi connectivity index (χ1) is 10.3. The van der Waals surface area contributed by atoms with Gasteiger partial charge in [-0.15, -0.1) is 0 Å². The van der Waals surface area contributed by atoms with Crippen LogP contribution in [0, 0.1) is 5.82 Å². The van der Waals surface area contributed by atoms with Crippen LogP contribution in [0.4, 0.5) is 4.39 Å².